The van der Waals surface area contributed by atoms with Crippen LogP contribution in [-0.4, -0.2) is 47.8 Å². The van der Waals surface area contributed by atoms with Gasteiger partial charge in [0, 0.05) is 13.1 Å². The highest BCUT2D eigenvalue weighted by atomic mass is 15.5. The third-order valence-electron chi connectivity index (χ3n) is 3.07. The lowest BCUT2D eigenvalue weighted by molar-refractivity contribution is 0.795. The van der Waals surface area contributed by atoms with Crippen LogP contribution in [0, 0.1) is 0 Å². The first-order valence-corrected chi connectivity index (χ1v) is 6.36. The maximum atomic E-state index is 5.95. The summed E-state index contributed by atoms with van der Waals surface area (Å²) in [4.78, 5) is 21.6. The molecule has 0 fully saturated rings. The first-order valence-electron chi connectivity index (χ1n) is 6.36. The molecule has 0 amide bonds. The van der Waals surface area contributed by atoms with Crippen LogP contribution in [0.3, 0.4) is 0 Å². The number of aromatic amines is 1. The fourth-order valence-corrected chi connectivity index (χ4v) is 2.02. The standard InChI is InChI=1S/C11H15N9/c1-3-19(4-2)11-17-10(12)20(18-11)9-7-8(14-5-13-7)15-6-16-9/h5-6H,3-4H2,1-2H3,(H2,12,17,18)(H,13,14,15,16). The molecule has 0 saturated carbocycles. The van der Waals surface area contributed by atoms with Gasteiger partial charge in [-0.1, -0.05) is 0 Å². The number of anilines is 2. The van der Waals surface area contributed by atoms with Crippen LogP contribution in [0.25, 0.3) is 17.0 Å². The van der Waals surface area contributed by atoms with E-state index in [4.69, 9.17) is 5.73 Å². The van der Waals surface area contributed by atoms with Gasteiger partial charge in [-0.3, -0.25) is 0 Å². The molecule has 0 aliphatic heterocycles. The van der Waals surface area contributed by atoms with Crippen molar-refractivity contribution in [2.75, 3.05) is 23.7 Å². The van der Waals surface area contributed by atoms with Crippen LogP contribution < -0.4 is 10.6 Å². The van der Waals surface area contributed by atoms with E-state index < -0.39 is 0 Å². The van der Waals surface area contributed by atoms with E-state index >= 15 is 0 Å². The molecule has 0 bridgehead atoms. The molecule has 0 aliphatic rings. The quantitative estimate of drug-likeness (QED) is 0.705. The van der Waals surface area contributed by atoms with Gasteiger partial charge in [0.1, 0.15) is 11.8 Å². The van der Waals surface area contributed by atoms with Crippen LogP contribution in [-0.2, 0) is 0 Å². The number of aromatic nitrogens is 7. The number of nitrogen functional groups attached to an aromatic ring is 1. The van der Waals surface area contributed by atoms with Crippen LogP contribution in [0.5, 0.6) is 0 Å². The van der Waals surface area contributed by atoms with Gasteiger partial charge in [0.05, 0.1) is 6.33 Å². The summed E-state index contributed by atoms with van der Waals surface area (Å²) < 4.78 is 1.50. The lowest BCUT2D eigenvalue weighted by Crippen LogP contribution is -2.23. The van der Waals surface area contributed by atoms with E-state index in [1.165, 1.54) is 11.0 Å². The average Bonchev–Trinajstić information content (AvgIpc) is 3.06. The molecule has 3 heterocycles. The smallest absolute Gasteiger partial charge is 0.247 e. The van der Waals surface area contributed by atoms with Crippen molar-refractivity contribution in [2.24, 2.45) is 0 Å². The summed E-state index contributed by atoms with van der Waals surface area (Å²) in [6.07, 6.45) is 2.98. The molecule has 3 aromatic rings. The Hall–Kier alpha value is -2.71. The molecule has 104 valence electrons. The Morgan fingerprint density at radius 1 is 1.25 bits per heavy atom. The molecule has 0 atom stereocenters. The third kappa shape index (κ3) is 1.83. The largest absolute Gasteiger partial charge is 0.368 e. The monoisotopic (exact) mass is 273 g/mol. The summed E-state index contributed by atoms with van der Waals surface area (Å²) in [5.41, 5.74) is 7.19. The van der Waals surface area contributed by atoms with Gasteiger partial charge in [-0.05, 0) is 13.8 Å². The van der Waals surface area contributed by atoms with Crippen molar-refractivity contribution < 1.29 is 0 Å². The number of nitrogens with two attached hydrogens (primary N) is 1. The molecule has 3 N–H and O–H groups in total. The van der Waals surface area contributed by atoms with Gasteiger partial charge >= 0.3 is 0 Å². The molecule has 0 aromatic carbocycles. The highest BCUT2D eigenvalue weighted by molar-refractivity contribution is 5.77. The van der Waals surface area contributed by atoms with Crippen molar-refractivity contribution in [1.82, 2.24) is 34.7 Å². The fourth-order valence-electron chi connectivity index (χ4n) is 2.02. The van der Waals surface area contributed by atoms with Crippen molar-refractivity contribution in [3.05, 3.63) is 12.7 Å². The Bertz CT molecular complexity index is 724. The molecular formula is C11H15N9. The summed E-state index contributed by atoms with van der Waals surface area (Å²) in [5, 5.41) is 4.42. The van der Waals surface area contributed by atoms with Crippen molar-refractivity contribution >= 4 is 23.1 Å². The second kappa shape index (κ2) is 4.76. The van der Waals surface area contributed by atoms with Crippen LogP contribution in [0.4, 0.5) is 11.9 Å². The molecule has 0 spiro atoms. The number of fused-ring (bicyclic) bond motifs is 1. The predicted octanol–water partition coefficient (Wildman–Crippen LogP) is 0.362. The molecule has 9 nitrogen and oxygen atoms in total. The molecule has 3 rings (SSSR count). The molecule has 0 saturated heterocycles. The van der Waals surface area contributed by atoms with Gasteiger partial charge in [0.15, 0.2) is 11.5 Å². The van der Waals surface area contributed by atoms with E-state index in [0.29, 0.717) is 22.9 Å². The Balaban J connectivity index is 2.13. The van der Waals surface area contributed by atoms with E-state index in [1.807, 2.05) is 18.7 Å². The van der Waals surface area contributed by atoms with Crippen molar-refractivity contribution in [3.63, 3.8) is 0 Å². The van der Waals surface area contributed by atoms with E-state index in [1.54, 1.807) is 6.33 Å². The van der Waals surface area contributed by atoms with Crippen molar-refractivity contribution in [3.8, 4) is 5.82 Å². The number of imidazole rings is 1. The molecule has 0 unspecified atom stereocenters. The van der Waals surface area contributed by atoms with Gasteiger partial charge in [-0.25, -0.2) is 15.0 Å². The molecule has 20 heavy (non-hydrogen) atoms. The average molecular weight is 273 g/mol. The van der Waals surface area contributed by atoms with E-state index in [0.717, 1.165) is 13.1 Å². The van der Waals surface area contributed by atoms with E-state index in [-0.39, 0.29) is 5.95 Å². The third-order valence-corrected chi connectivity index (χ3v) is 3.07. The molecule has 3 aromatic heterocycles. The Labute approximate surface area is 114 Å². The minimum atomic E-state index is 0.279. The summed E-state index contributed by atoms with van der Waals surface area (Å²) in [6.45, 7) is 5.70. The highest BCUT2D eigenvalue weighted by Crippen LogP contribution is 2.19. The lowest BCUT2D eigenvalue weighted by atomic mass is 10.5. The molecule has 0 aliphatic carbocycles. The predicted molar refractivity (Wildman–Crippen MR) is 74.6 cm³/mol. The van der Waals surface area contributed by atoms with Crippen LogP contribution in [0.1, 0.15) is 13.8 Å². The maximum Gasteiger partial charge on any atom is 0.247 e. The number of hydrogen-bond acceptors (Lipinski definition) is 7. The zero-order valence-electron chi connectivity index (χ0n) is 11.3. The number of nitrogens with one attached hydrogen (secondary N) is 1. The topological polar surface area (TPSA) is 114 Å². The number of H-pyrrole nitrogens is 1. The number of hydrogen-bond donors (Lipinski definition) is 2. The summed E-state index contributed by atoms with van der Waals surface area (Å²) in [5.74, 6) is 1.40. The van der Waals surface area contributed by atoms with Gasteiger partial charge in [-0.2, -0.15) is 9.67 Å². The number of rotatable bonds is 4. The Morgan fingerprint density at radius 2 is 2.05 bits per heavy atom. The van der Waals surface area contributed by atoms with Gasteiger partial charge in [0.25, 0.3) is 0 Å². The van der Waals surface area contributed by atoms with Crippen LogP contribution in [0.15, 0.2) is 12.7 Å². The molecular weight excluding hydrogens is 258 g/mol. The summed E-state index contributed by atoms with van der Waals surface area (Å²) in [7, 11) is 0. The first kappa shape index (κ1) is 12.3. The van der Waals surface area contributed by atoms with Gasteiger partial charge in [0.2, 0.25) is 11.9 Å². The van der Waals surface area contributed by atoms with Gasteiger partial charge < -0.3 is 15.6 Å². The molecule has 0 radical (unpaired) electrons. The summed E-state index contributed by atoms with van der Waals surface area (Å²) >= 11 is 0. The second-order valence-corrected chi connectivity index (χ2v) is 4.15. The normalized spacial score (nSPS) is 11.1. The SMILES string of the molecule is CCN(CC)c1nc(N)n(-c2ncnc3nc[nH]c23)n1. The highest BCUT2D eigenvalue weighted by Gasteiger charge is 2.16. The lowest BCUT2D eigenvalue weighted by Gasteiger charge is -2.15. The fraction of sp³-hybridized carbons (Fsp3) is 0.364. The summed E-state index contributed by atoms with van der Waals surface area (Å²) in [6, 6.07) is 0. The first-order chi connectivity index (χ1) is 9.74. The van der Waals surface area contributed by atoms with E-state index in [2.05, 4.69) is 30.0 Å². The van der Waals surface area contributed by atoms with Crippen molar-refractivity contribution in [1.29, 1.82) is 0 Å². The Morgan fingerprint density at radius 3 is 2.80 bits per heavy atom. The second-order valence-electron chi connectivity index (χ2n) is 4.15. The number of nitrogens with zero attached hydrogens (tertiary/aromatic N) is 7. The molecule has 9 heteroatoms. The minimum Gasteiger partial charge on any atom is -0.368 e. The maximum absolute atomic E-state index is 5.95. The zero-order chi connectivity index (χ0) is 14.1. The van der Waals surface area contributed by atoms with Crippen molar-refractivity contribution in [2.45, 2.75) is 13.8 Å². The Kier molecular flexibility index (Phi) is 2.93. The minimum absolute atomic E-state index is 0.279. The van der Waals surface area contributed by atoms with Crippen LogP contribution >= 0.6 is 0 Å². The van der Waals surface area contributed by atoms with E-state index in [9.17, 15) is 0 Å². The van der Waals surface area contributed by atoms with Crippen LogP contribution in [0.2, 0.25) is 0 Å². The van der Waals surface area contributed by atoms with Gasteiger partial charge in [-0.15, -0.1) is 5.10 Å². The zero-order valence-corrected chi connectivity index (χ0v) is 11.3.